The fourth-order valence-electron chi connectivity index (χ4n) is 1.61. The first-order valence-electron chi connectivity index (χ1n) is 5.84. The molecule has 0 fully saturated rings. The molecule has 2 aromatic rings. The van der Waals surface area contributed by atoms with Gasteiger partial charge in [0.1, 0.15) is 5.75 Å². The summed E-state index contributed by atoms with van der Waals surface area (Å²) in [4.78, 5) is 3.96. The normalized spacial score (nSPS) is 10.1. The number of hydrogen-bond acceptors (Lipinski definition) is 3. The first-order valence-corrected chi connectivity index (χ1v) is 6.22. The molecule has 1 heterocycles. The topological polar surface area (TPSA) is 34.1 Å². The van der Waals surface area contributed by atoms with E-state index in [9.17, 15) is 0 Å². The molecule has 0 aliphatic heterocycles. The van der Waals surface area contributed by atoms with Gasteiger partial charge in [-0.15, -0.1) is 0 Å². The van der Waals surface area contributed by atoms with Gasteiger partial charge in [-0.1, -0.05) is 17.7 Å². The number of nitrogens with zero attached hydrogens (tertiary/aromatic N) is 1. The van der Waals surface area contributed by atoms with E-state index in [1.54, 1.807) is 12.4 Å². The summed E-state index contributed by atoms with van der Waals surface area (Å²) in [6.07, 6.45) is 3.38. The number of nitrogens with one attached hydrogen (secondary N) is 1. The van der Waals surface area contributed by atoms with Crippen molar-refractivity contribution in [3.63, 3.8) is 0 Å². The van der Waals surface area contributed by atoms with Crippen LogP contribution in [0.2, 0.25) is 5.02 Å². The maximum Gasteiger partial charge on any atom is 0.121 e. The molecule has 0 spiro atoms. The molecule has 0 amide bonds. The molecule has 0 saturated heterocycles. The Bertz CT molecular complexity index is 517. The minimum Gasteiger partial charge on any atom is -0.494 e. The second-order valence-electron chi connectivity index (χ2n) is 3.78. The van der Waals surface area contributed by atoms with Gasteiger partial charge in [-0.2, -0.15) is 0 Å². The van der Waals surface area contributed by atoms with Crippen LogP contribution in [-0.4, -0.2) is 11.6 Å². The molecule has 94 valence electrons. The van der Waals surface area contributed by atoms with Crippen LogP contribution in [0.25, 0.3) is 0 Å². The van der Waals surface area contributed by atoms with Crippen LogP contribution in [-0.2, 0) is 6.54 Å². The van der Waals surface area contributed by atoms with Gasteiger partial charge in [0.25, 0.3) is 0 Å². The van der Waals surface area contributed by atoms with E-state index in [1.807, 2.05) is 37.3 Å². The fourth-order valence-corrected chi connectivity index (χ4v) is 1.79. The number of halogens is 1. The lowest BCUT2D eigenvalue weighted by Gasteiger charge is -2.09. The number of ether oxygens (including phenoxy) is 1. The summed E-state index contributed by atoms with van der Waals surface area (Å²) in [6.45, 7) is 3.30. The van der Waals surface area contributed by atoms with E-state index < -0.39 is 0 Å². The predicted molar refractivity (Wildman–Crippen MR) is 74.2 cm³/mol. The average Bonchev–Trinajstić information content (AvgIpc) is 2.39. The van der Waals surface area contributed by atoms with E-state index in [0.29, 0.717) is 18.2 Å². The zero-order chi connectivity index (χ0) is 12.8. The summed E-state index contributed by atoms with van der Waals surface area (Å²) >= 11 is 6.04. The number of benzene rings is 1. The van der Waals surface area contributed by atoms with Crippen LogP contribution in [0.3, 0.4) is 0 Å². The summed E-state index contributed by atoms with van der Waals surface area (Å²) in [5.41, 5.74) is 2.03. The number of anilines is 1. The van der Waals surface area contributed by atoms with Gasteiger partial charge in [0, 0.05) is 30.7 Å². The van der Waals surface area contributed by atoms with Crippen LogP contribution in [0.1, 0.15) is 12.5 Å². The van der Waals surface area contributed by atoms with E-state index in [-0.39, 0.29) is 0 Å². The fraction of sp³-hybridized carbons (Fsp3) is 0.214. The van der Waals surface area contributed by atoms with Gasteiger partial charge in [-0.3, -0.25) is 4.98 Å². The lowest BCUT2D eigenvalue weighted by molar-refractivity contribution is 0.340. The monoisotopic (exact) mass is 262 g/mol. The maximum atomic E-state index is 6.04. The smallest absolute Gasteiger partial charge is 0.121 e. The Morgan fingerprint density at radius 3 is 3.00 bits per heavy atom. The summed E-state index contributed by atoms with van der Waals surface area (Å²) in [5.74, 6) is 0.864. The second-order valence-corrected chi connectivity index (χ2v) is 4.19. The number of pyridine rings is 1. The Hall–Kier alpha value is -1.74. The van der Waals surface area contributed by atoms with Crippen molar-refractivity contribution in [2.24, 2.45) is 0 Å². The van der Waals surface area contributed by atoms with Crippen LogP contribution in [0.5, 0.6) is 5.75 Å². The lowest BCUT2D eigenvalue weighted by Crippen LogP contribution is -2.00. The Morgan fingerprint density at radius 1 is 1.33 bits per heavy atom. The largest absolute Gasteiger partial charge is 0.494 e. The molecule has 0 saturated carbocycles. The molecular formula is C14H15ClN2O. The van der Waals surface area contributed by atoms with Crippen molar-refractivity contribution >= 4 is 17.3 Å². The predicted octanol–water partition coefficient (Wildman–Crippen LogP) is 3.75. The molecule has 1 N–H and O–H groups in total. The van der Waals surface area contributed by atoms with Gasteiger partial charge in [0.05, 0.1) is 11.6 Å². The molecule has 0 radical (unpaired) electrons. The Labute approximate surface area is 112 Å². The molecular weight excluding hydrogens is 248 g/mol. The molecule has 2 rings (SSSR count). The van der Waals surface area contributed by atoms with Gasteiger partial charge in [0.15, 0.2) is 0 Å². The zero-order valence-electron chi connectivity index (χ0n) is 10.2. The molecule has 0 aliphatic rings. The third-order valence-electron chi connectivity index (χ3n) is 2.48. The Kier molecular flexibility index (Phi) is 4.42. The third kappa shape index (κ3) is 3.37. The average molecular weight is 263 g/mol. The SMILES string of the molecule is CCOc1cccc(NCc2ccncc2Cl)c1. The molecule has 18 heavy (non-hydrogen) atoms. The summed E-state index contributed by atoms with van der Waals surface area (Å²) in [7, 11) is 0. The molecule has 1 aromatic carbocycles. The van der Waals surface area contributed by atoms with Crippen LogP contribution in [0.15, 0.2) is 42.7 Å². The molecule has 0 aliphatic carbocycles. The van der Waals surface area contributed by atoms with Crippen LogP contribution < -0.4 is 10.1 Å². The van der Waals surface area contributed by atoms with Crippen molar-refractivity contribution in [1.29, 1.82) is 0 Å². The van der Waals surface area contributed by atoms with Gasteiger partial charge in [-0.25, -0.2) is 0 Å². The minimum absolute atomic E-state index is 0.664. The van der Waals surface area contributed by atoms with Gasteiger partial charge >= 0.3 is 0 Å². The Morgan fingerprint density at radius 2 is 2.22 bits per heavy atom. The molecule has 0 unspecified atom stereocenters. The Balaban J connectivity index is 2.02. The summed E-state index contributed by atoms with van der Waals surface area (Å²) < 4.78 is 5.45. The number of aromatic nitrogens is 1. The molecule has 0 bridgehead atoms. The zero-order valence-corrected chi connectivity index (χ0v) is 10.9. The van der Waals surface area contributed by atoms with Crippen molar-refractivity contribution < 1.29 is 4.74 Å². The van der Waals surface area contributed by atoms with E-state index in [0.717, 1.165) is 17.0 Å². The van der Waals surface area contributed by atoms with E-state index in [1.165, 1.54) is 0 Å². The van der Waals surface area contributed by atoms with E-state index >= 15 is 0 Å². The maximum absolute atomic E-state index is 6.04. The van der Waals surface area contributed by atoms with Gasteiger partial charge < -0.3 is 10.1 Å². The number of hydrogen-bond donors (Lipinski definition) is 1. The van der Waals surface area contributed by atoms with Crippen LogP contribution >= 0.6 is 11.6 Å². The molecule has 0 atom stereocenters. The highest BCUT2D eigenvalue weighted by molar-refractivity contribution is 6.31. The standard InChI is InChI=1S/C14H15ClN2O/c1-2-18-13-5-3-4-12(8-13)17-9-11-6-7-16-10-14(11)15/h3-8,10,17H,2,9H2,1H3. The summed E-state index contributed by atoms with van der Waals surface area (Å²) in [6, 6.07) is 9.77. The van der Waals surface area contributed by atoms with Crippen molar-refractivity contribution in [3.05, 3.63) is 53.3 Å². The molecule has 4 heteroatoms. The second kappa shape index (κ2) is 6.26. The highest BCUT2D eigenvalue weighted by atomic mass is 35.5. The quantitative estimate of drug-likeness (QED) is 0.891. The number of rotatable bonds is 5. The van der Waals surface area contributed by atoms with Crippen molar-refractivity contribution in [2.75, 3.05) is 11.9 Å². The van der Waals surface area contributed by atoms with E-state index in [4.69, 9.17) is 16.3 Å². The molecule has 3 nitrogen and oxygen atoms in total. The molecule has 1 aromatic heterocycles. The van der Waals surface area contributed by atoms with Crippen LogP contribution in [0, 0.1) is 0 Å². The van der Waals surface area contributed by atoms with E-state index in [2.05, 4.69) is 10.3 Å². The first kappa shape index (κ1) is 12.7. The van der Waals surface area contributed by atoms with Gasteiger partial charge in [-0.05, 0) is 30.7 Å². The van der Waals surface area contributed by atoms with Gasteiger partial charge in [0.2, 0.25) is 0 Å². The van der Waals surface area contributed by atoms with Crippen LogP contribution in [0.4, 0.5) is 5.69 Å². The van der Waals surface area contributed by atoms with Crippen molar-refractivity contribution in [1.82, 2.24) is 4.98 Å². The first-order chi connectivity index (χ1) is 8.79. The highest BCUT2D eigenvalue weighted by Crippen LogP contribution is 2.19. The van der Waals surface area contributed by atoms with Crippen molar-refractivity contribution in [3.8, 4) is 5.75 Å². The highest BCUT2D eigenvalue weighted by Gasteiger charge is 2.00. The third-order valence-corrected chi connectivity index (χ3v) is 2.82. The minimum atomic E-state index is 0.664. The summed E-state index contributed by atoms with van der Waals surface area (Å²) in [5, 5.41) is 3.98. The van der Waals surface area contributed by atoms with Crippen molar-refractivity contribution in [2.45, 2.75) is 13.5 Å². The lowest BCUT2D eigenvalue weighted by atomic mass is 10.2.